The summed E-state index contributed by atoms with van der Waals surface area (Å²) in [5.74, 6) is 1.21. The average molecular weight is 410 g/mol. The van der Waals surface area contributed by atoms with E-state index in [9.17, 15) is 4.79 Å². The standard InChI is InChI=1S/C19H21Cl2N3O3/c1-11(2)10-24-19(21)13(12(3)23-24)4-5-18(25)22-15-9-17-16(8-14(15)20)26-6-7-27-17/h4-5,8-9,11H,6-7,10H2,1-3H3,(H,22,25)/b5-4+. The van der Waals surface area contributed by atoms with Gasteiger partial charge in [0, 0.05) is 30.3 Å². The first-order valence-electron chi connectivity index (χ1n) is 8.66. The molecule has 1 aromatic heterocycles. The zero-order valence-electron chi connectivity index (χ0n) is 15.4. The van der Waals surface area contributed by atoms with Gasteiger partial charge in [-0.15, -0.1) is 0 Å². The number of ether oxygens (including phenoxy) is 2. The van der Waals surface area contributed by atoms with E-state index < -0.39 is 0 Å². The highest BCUT2D eigenvalue weighted by molar-refractivity contribution is 6.34. The predicted octanol–water partition coefficient (Wildman–Crippen LogP) is 4.58. The molecule has 0 saturated heterocycles. The van der Waals surface area contributed by atoms with Gasteiger partial charge in [0.25, 0.3) is 0 Å². The maximum Gasteiger partial charge on any atom is 0.248 e. The summed E-state index contributed by atoms with van der Waals surface area (Å²) in [5, 5.41) is 8.06. The van der Waals surface area contributed by atoms with E-state index in [4.69, 9.17) is 32.7 Å². The number of carbonyl (C=O) groups excluding carboxylic acids is 1. The SMILES string of the molecule is Cc1nn(CC(C)C)c(Cl)c1/C=C/C(=O)Nc1cc2c(cc1Cl)OCCO2. The van der Waals surface area contributed by atoms with E-state index in [1.165, 1.54) is 6.08 Å². The molecular formula is C19H21Cl2N3O3. The van der Waals surface area contributed by atoms with Crippen LogP contribution in [0.25, 0.3) is 6.08 Å². The summed E-state index contributed by atoms with van der Waals surface area (Å²) in [6.45, 7) is 7.69. The number of carbonyl (C=O) groups is 1. The Morgan fingerprint density at radius 2 is 1.96 bits per heavy atom. The van der Waals surface area contributed by atoms with Crippen molar-refractivity contribution >= 4 is 40.9 Å². The molecule has 6 nitrogen and oxygen atoms in total. The monoisotopic (exact) mass is 409 g/mol. The Labute approximate surface area is 168 Å². The lowest BCUT2D eigenvalue weighted by molar-refractivity contribution is -0.111. The summed E-state index contributed by atoms with van der Waals surface area (Å²) in [6.07, 6.45) is 3.06. The molecule has 8 heteroatoms. The molecule has 27 heavy (non-hydrogen) atoms. The van der Waals surface area contributed by atoms with E-state index in [-0.39, 0.29) is 5.91 Å². The molecule has 0 spiro atoms. The van der Waals surface area contributed by atoms with Gasteiger partial charge in [-0.3, -0.25) is 9.48 Å². The van der Waals surface area contributed by atoms with Crippen molar-refractivity contribution in [3.63, 3.8) is 0 Å². The van der Waals surface area contributed by atoms with Crippen LogP contribution in [-0.4, -0.2) is 28.9 Å². The number of hydrogen-bond acceptors (Lipinski definition) is 4. The van der Waals surface area contributed by atoms with E-state index in [1.54, 1.807) is 22.9 Å². The van der Waals surface area contributed by atoms with Crippen molar-refractivity contribution in [1.82, 2.24) is 9.78 Å². The molecule has 2 heterocycles. The minimum Gasteiger partial charge on any atom is -0.486 e. The third kappa shape index (κ3) is 4.57. The first kappa shape index (κ1) is 19.6. The van der Waals surface area contributed by atoms with Crippen molar-refractivity contribution in [2.24, 2.45) is 5.92 Å². The number of aromatic nitrogens is 2. The number of hydrogen-bond donors (Lipinski definition) is 1. The molecule has 2 aromatic rings. The number of benzene rings is 1. The third-order valence-corrected chi connectivity index (χ3v) is 4.65. The second kappa shape index (κ2) is 8.23. The molecule has 0 atom stereocenters. The van der Waals surface area contributed by atoms with Gasteiger partial charge in [0.2, 0.25) is 5.91 Å². The number of fused-ring (bicyclic) bond motifs is 1. The molecule has 1 N–H and O–H groups in total. The van der Waals surface area contributed by atoms with E-state index in [1.807, 2.05) is 6.92 Å². The largest absolute Gasteiger partial charge is 0.486 e. The van der Waals surface area contributed by atoms with Gasteiger partial charge in [0.1, 0.15) is 18.4 Å². The van der Waals surface area contributed by atoms with Crippen molar-refractivity contribution in [2.45, 2.75) is 27.3 Å². The zero-order valence-corrected chi connectivity index (χ0v) is 16.9. The molecule has 0 unspecified atom stereocenters. The minimum atomic E-state index is -0.333. The minimum absolute atomic E-state index is 0.333. The quantitative estimate of drug-likeness (QED) is 0.733. The highest BCUT2D eigenvalue weighted by Crippen LogP contribution is 2.38. The van der Waals surface area contributed by atoms with Gasteiger partial charge < -0.3 is 14.8 Å². The van der Waals surface area contributed by atoms with Crippen LogP contribution in [0.3, 0.4) is 0 Å². The average Bonchev–Trinajstić information content (AvgIpc) is 2.86. The molecule has 3 rings (SSSR count). The Kier molecular flexibility index (Phi) is 5.97. The van der Waals surface area contributed by atoms with Gasteiger partial charge in [-0.2, -0.15) is 5.10 Å². The van der Waals surface area contributed by atoms with Crippen molar-refractivity contribution in [2.75, 3.05) is 18.5 Å². The summed E-state index contributed by atoms with van der Waals surface area (Å²) in [7, 11) is 0. The Balaban J connectivity index is 1.74. The van der Waals surface area contributed by atoms with E-state index in [0.29, 0.717) is 53.0 Å². The fourth-order valence-corrected chi connectivity index (χ4v) is 3.22. The van der Waals surface area contributed by atoms with Gasteiger partial charge in [-0.1, -0.05) is 37.0 Å². The number of nitrogens with one attached hydrogen (secondary N) is 1. The van der Waals surface area contributed by atoms with E-state index in [0.717, 1.165) is 11.3 Å². The van der Waals surface area contributed by atoms with Crippen molar-refractivity contribution in [3.8, 4) is 11.5 Å². The molecular weight excluding hydrogens is 389 g/mol. The van der Waals surface area contributed by atoms with Gasteiger partial charge in [-0.25, -0.2) is 0 Å². The van der Waals surface area contributed by atoms with Gasteiger partial charge in [0.05, 0.1) is 16.4 Å². The molecule has 0 aliphatic carbocycles. The summed E-state index contributed by atoms with van der Waals surface area (Å²) in [4.78, 5) is 12.3. The fourth-order valence-electron chi connectivity index (χ4n) is 2.72. The fraction of sp³-hybridized carbons (Fsp3) is 0.368. The van der Waals surface area contributed by atoms with Gasteiger partial charge in [-0.05, 0) is 18.9 Å². The van der Waals surface area contributed by atoms with Crippen LogP contribution in [0.4, 0.5) is 5.69 Å². The molecule has 1 amide bonds. The smallest absolute Gasteiger partial charge is 0.248 e. The lowest BCUT2D eigenvalue weighted by Crippen LogP contribution is -2.16. The second-order valence-corrected chi connectivity index (χ2v) is 7.43. The van der Waals surface area contributed by atoms with Crippen LogP contribution in [0.1, 0.15) is 25.1 Å². The Morgan fingerprint density at radius 1 is 1.30 bits per heavy atom. The predicted molar refractivity (Wildman–Crippen MR) is 107 cm³/mol. The summed E-state index contributed by atoms with van der Waals surface area (Å²) in [6, 6.07) is 3.29. The number of rotatable bonds is 5. The van der Waals surface area contributed by atoms with Gasteiger partial charge >= 0.3 is 0 Å². The van der Waals surface area contributed by atoms with Crippen LogP contribution >= 0.6 is 23.2 Å². The van der Waals surface area contributed by atoms with Crippen LogP contribution in [0, 0.1) is 12.8 Å². The van der Waals surface area contributed by atoms with Crippen LogP contribution in [0.15, 0.2) is 18.2 Å². The highest BCUT2D eigenvalue weighted by Gasteiger charge is 2.16. The lowest BCUT2D eigenvalue weighted by atomic mass is 10.2. The molecule has 1 aromatic carbocycles. The number of aryl methyl sites for hydroxylation is 1. The lowest BCUT2D eigenvalue weighted by Gasteiger charge is -2.19. The normalized spacial score (nSPS) is 13.4. The van der Waals surface area contributed by atoms with Crippen LogP contribution in [0.2, 0.25) is 10.2 Å². The van der Waals surface area contributed by atoms with Crippen molar-refractivity contribution < 1.29 is 14.3 Å². The molecule has 0 saturated carbocycles. The molecule has 0 fully saturated rings. The summed E-state index contributed by atoms with van der Waals surface area (Å²) < 4.78 is 12.7. The maximum absolute atomic E-state index is 12.3. The second-order valence-electron chi connectivity index (χ2n) is 6.66. The maximum atomic E-state index is 12.3. The first-order valence-corrected chi connectivity index (χ1v) is 9.42. The van der Waals surface area contributed by atoms with Crippen molar-refractivity contribution in [3.05, 3.63) is 39.6 Å². The first-order chi connectivity index (χ1) is 12.8. The molecule has 0 radical (unpaired) electrons. The zero-order chi connectivity index (χ0) is 19.6. The number of halogens is 2. The number of amides is 1. The molecule has 0 bridgehead atoms. The Hall–Kier alpha value is -2.18. The highest BCUT2D eigenvalue weighted by atomic mass is 35.5. The summed E-state index contributed by atoms with van der Waals surface area (Å²) in [5.41, 5.74) is 1.94. The third-order valence-electron chi connectivity index (χ3n) is 3.94. The summed E-state index contributed by atoms with van der Waals surface area (Å²) >= 11 is 12.6. The van der Waals surface area contributed by atoms with Crippen LogP contribution in [-0.2, 0) is 11.3 Å². The van der Waals surface area contributed by atoms with Crippen LogP contribution in [0.5, 0.6) is 11.5 Å². The number of nitrogens with zero attached hydrogens (tertiary/aromatic N) is 2. The van der Waals surface area contributed by atoms with E-state index in [2.05, 4.69) is 24.3 Å². The van der Waals surface area contributed by atoms with Crippen molar-refractivity contribution in [1.29, 1.82) is 0 Å². The molecule has 1 aliphatic heterocycles. The van der Waals surface area contributed by atoms with Crippen LogP contribution < -0.4 is 14.8 Å². The topological polar surface area (TPSA) is 65.4 Å². The Morgan fingerprint density at radius 3 is 2.63 bits per heavy atom. The number of anilines is 1. The van der Waals surface area contributed by atoms with Gasteiger partial charge in [0.15, 0.2) is 11.5 Å². The molecule has 1 aliphatic rings. The Bertz CT molecular complexity index is 891. The van der Waals surface area contributed by atoms with E-state index >= 15 is 0 Å². The molecule has 144 valence electrons.